The molecule has 3 aromatic rings. The van der Waals surface area contributed by atoms with Crippen LogP contribution in [0.3, 0.4) is 0 Å². The van der Waals surface area contributed by atoms with E-state index in [-0.39, 0.29) is 29.7 Å². The number of fused-ring (bicyclic) bond motifs is 2. The molecule has 0 radical (unpaired) electrons. The van der Waals surface area contributed by atoms with Crippen LogP contribution in [0.2, 0.25) is 0 Å². The second-order valence-electron chi connectivity index (χ2n) is 8.72. The van der Waals surface area contributed by atoms with Gasteiger partial charge in [-0.05, 0) is 48.6 Å². The molecule has 10 heteroatoms. The minimum absolute atomic E-state index is 0.00414. The maximum absolute atomic E-state index is 13.3. The Morgan fingerprint density at radius 1 is 1.12 bits per heavy atom. The average Bonchev–Trinajstić information content (AvgIpc) is 3.29. The summed E-state index contributed by atoms with van der Waals surface area (Å²) in [5, 5.41) is 12.8. The Morgan fingerprint density at radius 3 is 2.62 bits per heavy atom. The number of likely N-dealkylation sites (tertiary alicyclic amines) is 1. The lowest BCUT2D eigenvalue weighted by Crippen LogP contribution is -2.45. The highest BCUT2D eigenvalue weighted by atomic mass is 79.9. The Morgan fingerprint density at radius 2 is 1.88 bits per heavy atom. The summed E-state index contributed by atoms with van der Waals surface area (Å²) in [6, 6.07) is 10.1. The van der Waals surface area contributed by atoms with Crippen LogP contribution in [0.5, 0.6) is 0 Å². The minimum Gasteiger partial charge on any atom is -0.478 e. The first-order chi connectivity index (χ1) is 16.2. The number of benzene rings is 2. The fourth-order valence-corrected chi connectivity index (χ4v) is 5.41. The first kappa shape index (κ1) is 22.1. The predicted octanol–water partition coefficient (Wildman–Crippen LogP) is 3.84. The number of primary amides is 1. The Kier molecular flexibility index (Phi) is 5.40. The van der Waals surface area contributed by atoms with E-state index in [1.54, 1.807) is 35.2 Å². The number of carboxylic acids is 1. The number of piperidine rings is 1. The lowest BCUT2D eigenvalue weighted by molar-refractivity contribution is -0.122. The highest BCUT2D eigenvalue weighted by Gasteiger charge is 2.55. The quantitative estimate of drug-likeness (QED) is 0.466. The van der Waals surface area contributed by atoms with Gasteiger partial charge in [0.25, 0.3) is 0 Å². The summed E-state index contributed by atoms with van der Waals surface area (Å²) in [5.41, 5.74) is 7.14. The lowest BCUT2D eigenvalue weighted by atomic mass is 9.99. The number of hydrogen-bond donors (Lipinski definition) is 3. The maximum atomic E-state index is 13.3. The number of aromatic nitrogens is 1. The molecule has 0 spiro atoms. The van der Waals surface area contributed by atoms with Gasteiger partial charge in [-0.1, -0.05) is 34.1 Å². The van der Waals surface area contributed by atoms with Gasteiger partial charge in [0.2, 0.25) is 0 Å². The number of ketones is 1. The van der Waals surface area contributed by atoms with E-state index in [1.807, 2.05) is 0 Å². The lowest BCUT2D eigenvalue weighted by Gasteiger charge is -2.27. The summed E-state index contributed by atoms with van der Waals surface area (Å²) in [6.07, 6.45) is 2.94. The van der Waals surface area contributed by atoms with Crippen LogP contribution in [0.4, 0.5) is 15.3 Å². The molecule has 2 aliphatic rings. The number of anilines is 1. The van der Waals surface area contributed by atoms with E-state index >= 15 is 0 Å². The zero-order chi connectivity index (χ0) is 24.1. The number of aromatic carboxylic acids is 1. The number of Topliss-reactive ketones (excluding diaryl/α,β-unsaturated/α-hetero) is 1. The van der Waals surface area contributed by atoms with E-state index in [9.17, 15) is 24.3 Å². The number of urea groups is 1. The third-order valence-electron chi connectivity index (χ3n) is 6.48. The summed E-state index contributed by atoms with van der Waals surface area (Å²) in [6.45, 7) is 0. The maximum Gasteiger partial charge on any atom is 0.335 e. The van der Waals surface area contributed by atoms with Gasteiger partial charge in [0.15, 0.2) is 5.78 Å². The largest absolute Gasteiger partial charge is 0.478 e. The normalized spacial score (nSPS) is 20.7. The van der Waals surface area contributed by atoms with Crippen LogP contribution in [0.1, 0.15) is 28.8 Å². The van der Waals surface area contributed by atoms with Crippen molar-refractivity contribution in [2.24, 2.45) is 11.7 Å². The van der Waals surface area contributed by atoms with E-state index in [2.05, 4.69) is 21.2 Å². The molecule has 1 saturated heterocycles. The third kappa shape index (κ3) is 3.94. The molecule has 174 valence electrons. The molecule has 34 heavy (non-hydrogen) atoms. The number of carbonyl (C=O) groups is 4. The van der Waals surface area contributed by atoms with E-state index in [4.69, 9.17) is 5.73 Å². The highest BCUT2D eigenvalue weighted by molar-refractivity contribution is 9.10. The number of para-hydroxylation sites is 1. The summed E-state index contributed by atoms with van der Waals surface area (Å²) >= 11 is 3.29. The van der Waals surface area contributed by atoms with Gasteiger partial charge in [-0.15, -0.1) is 0 Å². The SMILES string of the molecule is NC(=O)n1cc(NC(=O)N2[C@@H]3C[C@@H]3C[C@H]2C(=O)Cc2cc(Br)cc(C(=O)O)c2)c2ccccc21. The standard InChI is InChI=1S/C24H21BrN4O5/c25-15-6-12(5-14(8-15)22(31)32)7-21(30)20-10-13-9-19(13)29(20)24(34)27-17-11-28(23(26)33)18-4-2-1-3-16(17)18/h1-6,8,11,13,19-20H,7,9-10H2,(H2,26,33)(H,27,34)(H,31,32)/t13-,19-,20+/m1/s1. The molecule has 9 nitrogen and oxygen atoms in total. The summed E-state index contributed by atoms with van der Waals surface area (Å²) in [4.78, 5) is 51.2. The Labute approximate surface area is 202 Å². The van der Waals surface area contributed by atoms with Gasteiger partial charge in [-0.25, -0.2) is 14.4 Å². The molecule has 1 aromatic heterocycles. The van der Waals surface area contributed by atoms with E-state index in [1.165, 1.54) is 22.9 Å². The number of rotatable bonds is 5. The molecule has 3 atom stereocenters. The van der Waals surface area contributed by atoms with Crippen molar-refractivity contribution < 1.29 is 24.3 Å². The predicted molar refractivity (Wildman–Crippen MR) is 128 cm³/mol. The number of halogens is 1. The average molecular weight is 525 g/mol. The van der Waals surface area contributed by atoms with Crippen LogP contribution in [0.25, 0.3) is 10.9 Å². The fourth-order valence-electron chi connectivity index (χ4n) is 4.87. The molecule has 3 amide bonds. The molecule has 2 aromatic carbocycles. The van der Waals surface area contributed by atoms with Crippen molar-refractivity contribution in [1.82, 2.24) is 9.47 Å². The monoisotopic (exact) mass is 524 g/mol. The first-order valence-electron chi connectivity index (χ1n) is 10.8. The van der Waals surface area contributed by atoms with Crippen molar-refractivity contribution in [3.05, 3.63) is 64.3 Å². The summed E-state index contributed by atoms with van der Waals surface area (Å²) in [7, 11) is 0. The molecule has 1 aliphatic carbocycles. The zero-order valence-electron chi connectivity index (χ0n) is 17.9. The van der Waals surface area contributed by atoms with Crippen LogP contribution < -0.4 is 11.1 Å². The molecule has 5 rings (SSSR count). The Bertz CT molecular complexity index is 1370. The van der Waals surface area contributed by atoms with Crippen molar-refractivity contribution in [3.8, 4) is 0 Å². The van der Waals surface area contributed by atoms with Crippen molar-refractivity contribution in [2.45, 2.75) is 31.3 Å². The summed E-state index contributed by atoms with van der Waals surface area (Å²) in [5.74, 6) is -0.937. The number of nitrogens with one attached hydrogen (secondary N) is 1. The molecule has 2 heterocycles. The van der Waals surface area contributed by atoms with Gasteiger partial charge in [0.1, 0.15) is 0 Å². The Hall–Kier alpha value is -3.66. The number of carboxylic acid groups (broad SMARTS) is 1. The number of hydrogen-bond acceptors (Lipinski definition) is 4. The minimum atomic E-state index is -1.08. The van der Waals surface area contributed by atoms with Gasteiger partial charge in [-0.3, -0.25) is 9.36 Å². The van der Waals surface area contributed by atoms with E-state index in [0.717, 1.165) is 6.42 Å². The Balaban J connectivity index is 1.37. The zero-order valence-corrected chi connectivity index (χ0v) is 19.5. The number of nitrogens with two attached hydrogens (primary N) is 1. The molecular formula is C24H21BrN4O5. The molecule has 4 N–H and O–H groups in total. The van der Waals surface area contributed by atoms with E-state index < -0.39 is 24.1 Å². The summed E-state index contributed by atoms with van der Waals surface area (Å²) < 4.78 is 1.84. The van der Waals surface area contributed by atoms with Crippen molar-refractivity contribution in [1.29, 1.82) is 0 Å². The van der Waals surface area contributed by atoms with Crippen molar-refractivity contribution in [3.63, 3.8) is 0 Å². The fraction of sp³-hybridized carbons (Fsp3) is 0.250. The third-order valence-corrected chi connectivity index (χ3v) is 6.94. The number of amides is 3. The van der Waals surface area contributed by atoms with Gasteiger partial charge < -0.3 is 21.1 Å². The van der Waals surface area contributed by atoms with Crippen molar-refractivity contribution >= 4 is 56.3 Å². The van der Waals surface area contributed by atoms with Crippen molar-refractivity contribution in [2.75, 3.05) is 5.32 Å². The van der Waals surface area contributed by atoms with Crippen LogP contribution in [0, 0.1) is 5.92 Å². The van der Waals surface area contributed by atoms with E-state index in [0.29, 0.717) is 33.0 Å². The molecule has 0 unspecified atom stereocenters. The number of carbonyl (C=O) groups excluding carboxylic acids is 3. The molecule has 0 bridgehead atoms. The molecular weight excluding hydrogens is 504 g/mol. The molecule has 2 fully saturated rings. The second-order valence-corrected chi connectivity index (χ2v) is 9.63. The van der Waals surface area contributed by atoms with Gasteiger partial charge >= 0.3 is 18.0 Å². The number of nitrogens with zero attached hydrogens (tertiary/aromatic N) is 2. The van der Waals surface area contributed by atoms with Gasteiger partial charge in [-0.2, -0.15) is 0 Å². The van der Waals surface area contributed by atoms with Crippen LogP contribution in [0.15, 0.2) is 53.1 Å². The molecule has 1 aliphatic heterocycles. The molecule has 1 saturated carbocycles. The van der Waals surface area contributed by atoms with Gasteiger partial charge in [0.05, 0.1) is 22.8 Å². The van der Waals surface area contributed by atoms with Gasteiger partial charge in [0, 0.05) is 28.5 Å². The van der Waals surface area contributed by atoms with Crippen LogP contribution >= 0.6 is 15.9 Å². The highest BCUT2D eigenvalue weighted by Crippen LogP contribution is 2.48. The topological polar surface area (TPSA) is 135 Å². The second kappa shape index (κ2) is 8.28. The van der Waals surface area contributed by atoms with Crippen LogP contribution in [-0.4, -0.2) is 50.5 Å². The smallest absolute Gasteiger partial charge is 0.335 e. The van der Waals surface area contributed by atoms with Crippen LogP contribution in [-0.2, 0) is 11.2 Å². The first-order valence-corrected chi connectivity index (χ1v) is 11.6.